The molecule has 1 saturated carbocycles. The van der Waals surface area contributed by atoms with Gasteiger partial charge in [0.2, 0.25) is 0 Å². The number of hydrogen-bond donors (Lipinski definition) is 0. The van der Waals surface area contributed by atoms with Crippen molar-refractivity contribution >= 4 is 11.6 Å². The fourth-order valence-corrected chi connectivity index (χ4v) is 5.17. The van der Waals surface area contributed by atoms with E-state index in [0.29, 0.717) is 36.8 Å². The van der Waals surface area contributed by atoms with Crippen molar-refractivity contribution in [3.05, 3.63) is 52.7 Å². The summed E-state index contributed by atoms with van der Waals surface area (Å²) < 4.78 is 34.3. The van der Waals surface area contributed by atoms with Crippen molar-refractivity contribution in [2.45, 2.75) is 73.0 Å². The number of nitrogens with zero attached hydrogens (tertiary/aromatic N) is 3. The normalized spacial score (nSPS) is 29.0. The molecular formula is C27H37F2N3O2. The number of ether oxygens (including phenoxy) is 1. The van der Waals surface area contributed by atoms with Crippen molar-refractivity contribution in [3.63, 3.8) is 0 Å². The number of rotatable bonds is 3. The lowest BCUT2D eigenvalue weighted by Crippen LogP contribution is -2.52. The van der Waals surface area contributed by atoms with E-state index in [-0.39, 0.29) is 41.1 Å². The Kier molecular flexibility index (Phi) is 8.74. The molecule has 34 heavy (non-hydrogen) atoms. The molecule has 0 N–H and O–H groups in total. The number of carbonyl (C=O) groups is 1. The highest BCUT2D eigenvalue weighted by molar-refractivity contribution is 5.95. The monoisotopic (exact) mass is 473 g/mol. The van der Waals surface area contributed by atoms with Crippen LogP contribution < -0.4 is 0 Å². The topological polar surface area (TPSA) is 54.3 Å². The maximum atomic E-state index is 14.3. The first-order valence-corrected chi connectivity index (χ1v) is 12.7. The molecule has 2 aliphatic carbocycles. The number of hydrogen-bond acceptors (Lipinski definition) is 4. The highest BCUT2D eigenvalue weighted by atomic mass is 19.1. The van der Waals surface area contributed by atoms with E-state index in [0.717, 1.165) is 12.8 Å². The van der Waals surface area contributed by atoms with Crippen LogP contribution in [0.1, 0.15) is 66.4 Å². The second-order valence-electron chi connectivity index (χ2n) is 8.68. The van der Waals surface area contributed by atoms with Gasteiger partial charge in [-0.3, -0.25) is 4.79 Å². The van der Waals surface area contributed by atoms with E-state index < -0.39 is 11.6 Å². The first-order valence-electron chi connectivity index (χ1n) is 12.7. The van der Waals surface area contributed by atoms with E-state index in [1.807, 2.05) is 45.6 Å². The fourth-order valence-electron chi connectivity index (χ4n) is 5.17. The van der Waals surface area contributed by atoms with Gasteiger partial charge in [-0.2, -0.15) is 10.2 Å². The first kappa shape index (κ1) is 26.2. The zero-order valence-electron chi connectivity index (χ0n) is 21.1. The van der Waals surface area contributed by atoms with Crippen molar-refractivity contribution < 1.29 is 18.3 Å². The molecule has 1 aromatic rings. The molecule has 2 aliphatic heterocycles. The zero-order valence-corrected chi connectivity index (χ0v) is 21.1. The van der Waals surface area contributed by atoms with Gasteiger partial charge in [0, 0.05) is 18.0 Å². The molecule has 0 radical (unpaired) electrons. The van der Waals surface area contributed by atoms with Gasteiger partial charge in [0.15, 0.2) is 0 Å². The van der Waals surface area contributed by atoms with Crippen LogP contribution in [0.4, 0.5) is 8.78 Å². The van der Waals surface area contributed by atoms with Gasteiger partial charge in [-0.15, -0.1) is 0 Å². The van der Waals surface area contributed by atoms with E-state index >= 15 is 0 Å². The van der Waals surface area contributed by atoms with Crippen LogP contribution in [0.3, 0.4) is 0 Å². The Labute approximate surface area is 202 Å². The Balaban J connectivity index is 0.000000771. The Bertz CT molecular complexity index is 968. The number of benzene rings is 1. The fraction of sp³-hybridized carbons (Fsp3) is 0.593. The smallest absolute Gasteiger partial charge is 0.252 e. The molecule has 5 nitrogen and oxygen atoms in total. The lowest BCUT2D eigenvalue weighted by atomic mass is 9.94. The summed E-state index contributed by atoms with van der Waals surface area (Å²) in [5, 5.41) is 8.60. The van der Waals surface area contributed by atoms with Gasteiger partial charge in [0.1, 0.15) is 11.6 Å². The standard InChI is InChI=1S/C23H25F2N3O2.2C2H6/c1-3-13-11-30-12(2)10-28(13)23(29)15-8-7-14-16-9-19(26-27-22(15)20(14)16)21-17(24)5-4-6-18(21)25;2*1-2/h4-6,9,12-14,16,20H,3,7-8,10-11H2,1-2H3;2*1-2H3/t12?,13-,14+,16?,20?;;/m0../s1. The minimum absolute atomic E-state index is 0.000391. The number of halogens is 2. The van der Waals surface area contributed by atoms with Crippen molar-refractivity contribution in [2.75, 3.05) is 13.2 Å². The predicted octanol–water partition coefficient (Wildman–Crippen LogP) is 6.76. The SMILES string of the molecule is CC.CC.CC[C@H]1COC(C)CN1C(=O)C1=C2N=NC(c3c(F)cccc3F)=CC3C2[C@@H]3CC1. The largest absolute Gasteiger partial charge is 0.375 e. The Morgan fingerprint density at radius 1 is 1.15 bits per heavy atom. The van der Waals surface area contributed by atoms with E-state index in [1.165, 1.54) is 18.2 Å². The molecule has 4 aliphatic rings. The van der Waals surface area contributed by atoms with Crippen molar-refractivity contribution in [2.24, 2.45) is 28.0 Å². The van der Waals surface area contributed by atoms with Crippen LogP contribution in [0.2, 0.25) is 0 Å². The van der Waals surface area contributed by atoms with Crippen LogP contribution in [-0.4, -0.2) is 36.1 Å². The van der Waals surface area contributed by atoms with Gasteiger partial charge in [0.25, 0.3) is 5.91 Å². The van der Waals surface area contributed by atoms with Gasteiger partial charge in [-0.05, 0) is 50.2 Å². The van der Waals surface area contributed by atoms with Crippen molar-refractivity contribution in [3.8, 4) is 0 Å². The number of morpholine rings is 1. The molecule has 2 heterocycles. The Morgan fingerprint density at radius 3 is 2.47 bits per heavy atom. The number of amides is 1. The molecule has 7 heteroatoms. The molecule has 0 aromatic heterocycles. The number of azo groups is 1. The van der Waals surface area contributed by atoms with Gasteiger partial charge in [-0.25, -0.2) is 8.78 Å². The molecule has 1 saturated heterocycles. The van der Waals surface area contributed by atoms with Gasteiger partial charge >= 0.3 is 0 Å². The maximum Gasteiger partial charge on any atom is 0.252 e. The Morgan fingerprint density at radius 2 is 1.82 bits per heavy atom. The average Bonchev–Trinajstić information content (AvgIpc) is 3.60. The minimum atomic E-state index is -0.650. The summed E-state index contributed by atoms with van der Waals surface area (Å²) in [4.78, 5) is 15.4. The average molecular weight is 474 g/mol. The van der Waals surface area contributed by atoms with Gasteiger partial charge in [0.05, 0.1) is 35.7 Å². The second kappa shape index (κ2) is 11.3. The third-order valence-corrected chi connectivity index (χ3v) is 6.87. The molecule has 186 valence electrons. The minimum Gasteiger partial charge on any atom is -0.375 e. The Hall–Kier alpha value is -2.41. The molecule has 1 aromatic carbocycles. The summed E-state index contributed by atoms with van der Waals surface area (Å²) in [6.45, 7) is 13.1. The quantitative estimate of drug-likeness (QED) is 0.487. The molecule has 5 rings (SSSR count). The van der Waals surface area contributed by atoms with Crippen LogP contribution in [0, 0.1) is 29.4 Å². The van der Waals surface area contributed by atoms with Crippen LogP contribution >= 0.6 is 0 Å². The summed E-state index contributed by atoms with van der Waals surface area (Å²) in [5.74, 6) is -0.681. The zero-order chi connectivity index (χ0) is 25.0. The number of allylic oxidation sites excluding steroid dienone is 2. The van der Waals surface area contributed by atoms with Crippen LogP contribution in [-0.2, 0) is 9.53 Å². The third-order valence-electron chi connectivity index (χ3n) is 6.87. The summed E-state index contributed by atoms with van der Waals surface area (Å²) in [7, 11) is 0. The molecule has 1 amide bonds. The van der Waals surface area contributed by atoms with E-state index in [1.54, 1.807) is 0 Å². The molecule has 2 fully saturated rings. The molecule has 5 atom stereocenters. The summed E-state index contributed by atoms with van der Waals surface area (Å²) >= 11 is 0. The lowest BCUT2D eigenvalue weighted by molar-refractivity contribution is -0.140. The van der Waals surface area contributed by atoms with Crippen LogP contribution in [0.15, 0.2) is 45.8 Å². The summed E-state index contributed by atoms with van der Waals surface area (Å²) in [6, 6.07) is 3.84. The third kappa shape index (κ3) is 4.85. The van der Waals surface area contributed by atoms with E-state index in [2.05, 4.69) is 17.2 Å². The molecule has 0 spiro atoms. The second-order valence-corrected chi connectivity index (χ2v) is 8.68. The van der Waals surface area contributed by atoms with Crippen molar-refractivity contribution in [1.82, 2.24) is 4.90 Å². The molecular weight excluding hydrogens is 436 g/mol. The highest BCUT2D eigenvalue weighted by Gasteiger charge is 2.56. The molecule has 0 bridgehead atoms. The highest BCUT2D eigenvalue weighted by Crippen LogP contribution is 2.61. The molecule has 3 unspecified atom stereocenters. The van der Waals surface area contributed by atoms with Crippen molar-refractivity contribution in [1.29, 1.82) is 0 Å². The number of carbonyl (C=O) groups excluding carboxylic acids is 1. The van der Waals surface area contributed by atoms with E-state index in [9.17, 15) is 13.6 Å². The lowest BCUT2D eigenvalue weighted by Gasteiger charge is -2.39. The van der Waals surface area contributed by atoms with Crippen LogP contribution in [0.5, 0.6) is 0 Å². The van der Waals surface area contributed by atoms with Gasteiger partial charge < -0.3 is 9.64 Å². The summed E-state index contributed by atoms with van der Waals surface area (Å²) in [5.41, 5.74) is 1.49. The van der Waals surface area contributed by atoms with Crippen LogP contribution in [0.25, 0.3) is 5.70 Å². The summed E-state index contributed by atoms with van der Waals surface area (Å²) in [6.07, 6.45) is 4.22. The van der Waals surface area contributed by atoms with Gasteiger partial charge in [-0.1, -0.05) is 46.8 Å². The van der Waals surface area contributed by atoms with E-state index in [4.69, 9.17) is 4.74 Å². The predicted molar refractivity (Wildman–Crippen MR) is 130 cm³/mol. The number of fused-ring (bicyclic) bond motifs is 1. The first-order chi connectivity index (χ1) is 16.5. The maximum absolute atomic E-state index is 14.3.